The molecule has 15 heavy (non-hydrogen) atoms. The number of aromatic nitrogens is 3. The van der Waals surface area contributed by atoms with Crippen LogP contribution >= 0.6 is 0 Å². The van der Waals surface area contributed by atoms with Crippen LogP contribution < -0.4 is 5.69 Å². The number of H-pyrrole nitrogens is 1. The number of carbonyl (C=O) groups excluding carboxylic acids is 1. The molecule has 1 aromatic heterocycles. The predicted octanol–water partition coefficient (Wildman–Crippen LogP) is 0.763. The largest absolute Gasteiger partial charge is 0.347 e. The first-order valence-corrected chi connectivity index (χ1v) is 4.42. The Hall–Kier alpha value is -2.17. The van der Waals surface area contributed by atoms with Gasteiger partial charge in [-0.2, -0.15) is 5.10 Å². The van der Waals surface area contributed by atoms with Crippen LogP contribution in [-0.4, -0.2) is 20.5 Å². The van der Waals surface area contributed by atoms with Crippen molar-refractivity contribution >= 4 is 5.78 Å². The lowest BCUT2D eigenvalue weighted by atomic mass is 10.1. The van der Waals surface area contributed by atoms with Crippen LogP contribution in [0.3, 0.4) is 0 Å². The summed E-state index contributed by atoms with van der Waals surface area (Å²) in [6.45, 7) is 1.48. The molecule has 0 radical (unpaired) electrons. The number of carbonyl (C=O) groups is 1. The van der Waals surface area contributed by atoms with Crippen molar-refractivity contribution in [2.45, 2.75) is 6.92 Å². The van der Waals surface area contributed by atoms with Gasteiger partial charge in [-0.15, -0.1) is 0 Å². The first-order chi connectivity index (χ1) is 7.18. The van der Waals surface area contributed by atoms with E-state index in [4.69, 9.17) is 0 Å². The molecule has 0 amide bonds. The van der Waals surface area contributed by atoms with Crippen LogP contribution in [-0.2, 0) is 0 Å². The molecule has 0 atom stereocenters. The minimum atomic E-state index is -0.323. The van der Waals surface area contributed by atoms with Gasteiger partial charge in [0.05, 0.1) is 5.69 Å². The average molecular weight is 203 g/mol. The Morgan fingerprint density at radius 1 is 1.47 bits per heavy atom. The molecule has 0 fully saturated rings. The summed E-state index contributed by atoms with van der Waals surface area (Å²) in [5, 5.41) is 5.90. The lowest BCUT2D eigenvalue weighted by Crippen LogP contribution is -2.14. The smallest absolute Gasteiger partial charge is 0.295 e. The highest BCUT2D eigenvalue weighted by Crippen LogP contribution is 2.08. The van der Waals surface area contributed by atoms with Gasteiger partial charge in [0, 0.05) is 5.56 Å². The summed E-state index contributed by atoms with van der Waals surface area (Å²) in [6, 6.07) is 6.82. The fourth-order valence-electron chi connectivity index (χ4n) is 1.31. The van der Waals surface area contributed by atoms with E-state index in [1.54, 1.807) is 24.3 Å². The third-order valence-corrected chi connectivity index (χ3v) is 2.08. The normalized spacial score (nSPS) is 10.2. The topological polar surface area (TPSA) is 67.8 Å². The van der Waals surface area contributed by atoms with E-state index in [0.29, 0.717) is 11.3 Å². The highest BCUT2D eigenvalue weighted by molar-refractivity contribution is 5.94. The summed E-state index contributed by atoms with van der Waals surface area (Å²) in [6.07, 6.45) is 1.38. The van der Waals surface area contributed by atoms with Gasteiger partial charge in [-0.25, -0.2) is 14.5 Å². The van der Waals surface area contributed by atoms with Gasteiger partial charge in [-0.05, 0) is 19.1 Å². The molecule has 0 aliphatic rings. The maximum absolute atomic E-state index is 11.3. The van der Waals surface area contributed by atoms with Gasteiger partial charge in [0.1, 0.15) is 6.33 Å². The van der Waals surface area contributed by atoms with Gasteiger partial charge in [-0.3, -0.25) is 4.79 Å². The number of aromatic amines is 1. The maximum Gasteiger partial charge on any atom is 0.347 e. The zero-order valence-corrected chi connectivity index (χ0v) is 8.10. The molecule has 1 aromatic carbocycles. The molecular formula is C10H9N3O2. The van der Waals surface area contributed by atoms with Crippen LogP contribution in [0.5, 0.6) is 0 Å². The van der Waals surface area contributed by atoms with Crippen LogP contribution in [0.15, 0.2) is 35.4 Å². The van der Waals surface area contributed by atoms with Gasteiger partial charge in [0.25, 0.3) is 0 Å². The molecule has 0 spiro atoms. The molecule has 5 nitrogen and oxygen atoms in total. The molecule has 0 aliphatic heterocycles. The van der Waals surface area contributed by atoms with Crippen LogP contribution in [0.25, 0.3) is 5.69 Å². The first kappa shape index (κ1) is 9.39. The van der Waals surface area contributed by atoms with Crippen molar-refractivity contribution in [3.8, 4) is 5.69 Å². The van der Waals surface area contributed by atoms with E-state index >= 15 is 0 Å². The Morgan fingerprint density at radius 3 is 2.87 bits per heavy atom. The quantitative estimate of drug-likeness (QED) is 0.733. The first-order valence-electron chi connectivity index (χ1n) is 4.42. The van der Waals surface area contributed by atoms with Crippen molar-refractivity contribution in [3.63, 3.8) is 0 Å². The van der Waals surface area contributed by atoms with E-state index in [-0.39, 0.29) is 11.5 Å². The molecule has 2 aromatic rings. The second-order valence-electron chi connectivity index (χ2n) is 3.14. The third kappa shape index (κ3) is 1.71. The number of benzene rings is 1. The van der Waals surface area contributed by atoms with Gasteiger partial charge < -0.3 is 0 Å². The maximum atomic E-state index is 11.3. The molecule has 1 N–H and O–H groups in total. The highest BCUT2D eigenvalue weighted by atomic mass is 16.1. The Labute approximate surface area is 85.4 Å². The van der Waals surface area contributed by atoms with Gasteiger partial charge in [-0.1, -0.05) is 12.1 Å². The highest BCUT2D eigenvalue weighted by Gasteiger charge is 2.03. The Morgan fingerprint density at radius 2 is 2.27 bits per heavy atom. The van der Waals surface area contributed by atoms with Gasteiger partial charge in [0.2, 0.25) is 0 Å². The van der Waals surface area contributed by atoms with E-state index in [2.05, 4.69) is 10.2 Å². The Balaban J connectivity index is 2.55. The Bertz CT molecular complexity index is 554. The van der Waals surface area contributed by atoms with Crippen LogP contribution in [0, 0.1) is 0 Å². The zero-order valence-electron chi connectivity index (χ0n) is 8.10. The monoisotopic (exact) mass is 203 g/mol. The Kier molecular flexibility index (Phi) is 2.21. The van der Waals surface area contributed by atoms with Crippen molar-refractivity contribution in [2.75, 3.05) is 0 Å². The molecule has 0 saturated heterocycles. The van der Waals surface area contributed by atoms with Crippen molar-refractivity contribution in [3.05, 3.63) is 46.6 Å². The van der Waals surface area contributed by atoms with Gasteiger partial charge in [0.15, 0.2) is 5.78 Å². The second-order valence-corrected chi connectivity index (χ2v) is 3.14. The van der Waals surface area contributed by atoms with E-state index in [1.807, 2.05) is 0 Å². The number of nitrogens with zero attached hydrogens (tertiary/aromatic N) is 2. The summed E-state index contributed by atoms with van der Waals surface area (Å²) < 4.78 is 1.34. The van der Waals surface area contributed by atoms with Crippen molar-refractivity contribution in [1.29, 1.82) is 0 Å². The summed E-state index contributed by atoms with van der Waals surface area (Å²) in [7, 11) is 0. The fourth-order valence-corrected chi connectivity index (χ4v) is 1.31. The van der Waals surface area contributed by atoms with Crippen molar-refractivity contribution in [1.82, 2.24) is 14.8 Å². The minimum absolute atomic E-state index is 0.0339. The number of hydrogen-bond donors (Lipinski definition) is 1. The number of ketones is 1. The molecule has 0 saturated carbocycles. The van der Waals surface area contributed by atoms with E-state index in [0.717, 1.165) is 0 Å². The second kappa shape index (κ2) is 3.53. The molecule has 1 heterocycles. The van der Waals surface area contributed by atoms with Crippen LogP contribution in [0.4, 0.5) is 0 Å². The third-order valence-electron chi connectivity index (χ3n) is 2.08. The number of nitrogens with one attached hydrogen (secondary N) is 1. The minimum Gasteiger partial charge on any atom is -0.295 e. The van der Waals surface area contributed by atoms with Crippen molar-refractivity contribution in [2.24, 2.45) is 0 Å². The van der Waals surface area contributed by atoms with Crippen LogP contribution in [0.1, 0.15) is 17.3 Å². The lowest BCUT2D eigenvalue weighted by Gasteiger charge is -2.01. The predicted molar refractivity (Wildman–Crippen MR) is 54.2 cm³/mol. The van der Waals surface area contributed by atoms with E-state index < -0.39 is 0 Å². The summed E-state index contributed by atoms with van der Waals surface area (Å²) in [5.41, 5.74) is 0.873. The number of Topliss-reactive ketones (excluding diaryl/α,β-unsaturated/α-hetero) is 1. The summed E-state index contributed by atoms with van der Waals surface area (Å²) >= 11 is 0. The molecule has 5 heteroatoms. The molecule has 0 unspecified atom stereocenters. The number of hydrogen-bond acceptors (Lipinski definition) is 3. The van der Waals surface area contributed by atoms with Gasteiger partial charge >= 0.3 is 5.69 Å². The van der Waals surface area contributed by atoms with E-state index in [1.165, 1.54) is 17.8 Å². The summed E-state index contributed by atoms with van der Waals surface area (Å²) in [5.74, 6) is -0.0339. The van der Waals surface area contributed by atoms with E-state index in [9.17, 15) is 9.59 Å². The molecule has 0 aliphatic carbocycles. The fraction of sp³-hybridized carbons (Fsp3) is 0.100. The molecule has 2 rings (SSSR count). The molecular weight excluding hydrogens is 194 g/mol. The summed E-state index contributed by atoms with van der Waals surface area (Å²) in [4.78, 5) is 22.4. The zero-order chi connectivity index (χ0) is 10.8. The standard InChI is InChI=1S/C10H9N3O2/c1-7(14)8-3-2-4-9(5-8)13-6-11-12-10(13)15/h2-6H,1H3,(H,12,15). The average Bonchev–Trinajstić information content (AvgIpc) is 2.64. The van der Waals surface area contributed by atoms with Crippen molar-refractivity contribution < 1.29 is 4.79 Å². The number of rotatable bonds is 2. The van der Waals surface area contributed by atoms with Crippen LogP contribution in [0.2, 0.25) is 0 Å². The molecule has 76 valence electrons. The molecule has 0 bridgehead atoms. The SMILES string of the molecule is CC(=O)c1cccc(-n2cn[nH]c2=O)c1. The lowest BCUT2D eigenvalue weighted by molar-refractivity contribution is 0.101.